The van der Waals surface area contributed by atoms with Crippen LogP contribution in [0.4, 0.5) is 17.5 Å². The average molecular weight is 451 g/mol. The summed E-state index contributed by atoms with van der Waals surface area (Å²) in [5.74, 6) is -2.85. The fourth-order valence-corrected chi connectivity index (χ4v) is 3.00. The summed E-state index contributed by atoms with van der Waals surface area (Å²) in [5, 5.41) is 17.9. The molecule has 0 saturated heterocycles. The monoisotopic (exact) mass is 451 g/mol. The van der Waals surface area contributed by atoms with E-state index in [1.807, 2.05) is 11.9 Å². The van der Waals surface area contributed by atoms with Crippen molar-refractivity contribution in [1.29, 1.82) is 0 Å². The molecule has 0 fully saturated rings. The maximum atomic E-state index is 12.4. The van der Waals surface area contributed by atoms with E-state index < -0.39 is 17.7 Å². The van der Waals surface area contributed by atoms with Crippen molar-refractivity contribution >= 4 is 46.3 Å². The summed E-state index contributed by atoms with van der Waals surface area (Å²) in [6, 6.07) is 6.51. The number of hydrogen-bond acceptors (Lipinski definition) is 10. The average Bonchev–Trinajstić information content (AvgIpc) is 2.76. The van der Waals surface area contributed by atoms with Gasteiger partial charge in [0, 0.05) is 30.3 Å². The lowest BCUT2D eigenvalue weighted by Gasteiger charge is -2.19. The molecule has 3 rings (SSSR count). The molecular weight excluding hydrogens is 430 g/mol. The number of benzene rings is 1. The molecule has 0 aliphatic rings. The highest BCUT2D eigenvalue weighted by Crippen LogP contribution is 2.19. The first kappa shape index (κ1) is 23.1. The highest BCUT2D eigenvalue weighted by molar-refractivity contribution is 6.08. The Morgan fingerprint density at radius 3 is 2.36 bits per heavy atom. The molecule has 0 aliphatic carbocycles. The molecule has 0 radical (unpaired) electrons. The zero-order valence-corrected chi connectivity index (χ0v) is 17.6. The Labute approximate surface area is 187 Å². The molecule has 6 N–H and O–H groups in total. The molecule has 2 heterocycles. The first-order chi connectivity index (χ1) is 15.6. The summed E-state index contributed by atoms with van der Waals surface area (Å²) in [4.78, 5) is 52.7. The molecule has 170 valence electrons. The Morgan fingerprint density at radius 2 is 1.73 bits per heavy atom. The Kier molecular flexibility index (Phi) is 6.77. The van der Waals surface area contributed by atoms with Crippen LogP contribution in [-0.2, 0) is 16.1 Å². The molecule has 1 aromatic carbocycles. The van der Waals surface area contributed by atoms with Crippen molar-refractivity contribution in [3.8, 4) is 0 Å². The smallest absolute Gasteiger partial charge is 0.331 e. The van der Waals surface area contributed by atoms with Gasteiger partial charge in [0.05, 0.1) is 18.4 Å². The minimum atomic E-state index is -1.33. The minimum Gasteiger partial charge on any atom is -0.481 e. The third-order valence-electron chi connectivity index (χ3n) is 4.68. The van der Waals surface area contributed by atoms with E-state index in [4.69, 9.17) is 16.6 Å². The highest BCUT2D eigenvalue weighted by Gasteiger charge is 2.14. The Balaban J connectivity index is 1.73. The van der Waals surface area contributed by atoms with E-state index in [1.54, 1.807) is 30.5 Å². The molecule has 0 aliphatic heterocycles. The Hall–Kier alpha value is -4.61. The predicted octanol–water partition coefficient (Wildman–Crippen LogP) is 1.28. The number of nitrogens with zero attached hydrogens (tertiary/aromatic N) is 5. The predicted molar refractivity (Wildman–Crippen MR) is 119 cm³/mol. The third-order valence-corrected chi connectivity index (χ3v) is 4.68. The van der Waals surface area contributed by atoms with Gasteiger partial charge in [0.25, 0.3) is 0 Å². The molecule has 2 aromatic heterocycles. The quantitative estimate of drug-likeness (QED) is 0.269. The van der Waals surface area contributed by atoms with Crippen molar-refractivity contribution in [2.75, 3.05) is 23.4 Å². The molecule has 0 bridgehead atoms. The maximum absolute atomic E-state index is 12.4. The van der Waals surface area contributed by atoms with Crippen LogP contribution in [0.1, 0.15) is 28.9 Å². The van der Waals surface area contributed by atoms with Crippen LogP contribution in [0.25, 0.3) is 11.2 Å². The second kappa shape index (κ2) is 9.68. The number of carbonyl (C=O) groups is 3. The second-order valence-electron chi connectivity index (χ2n) is 7.14. The first-order valence-corrected chi connectivity index (χ1v) is 9.70. The number of rotatable bonds is 9. The second-order valence-corrected chi connectivity index (χ2v) is 7.14. The highest BCUT2D eigenvalue weighted by atomic mass is 16.4. The van der Waals surface area contributed by atoms with E-state index in [0.717, 1.165) is 11.8 Å². The van der Waals surface area contributed by atoms with Crippen LogP contribution in [-0.4, -0.2) is 54.9 Å². The molecular formula is C21H21N7O5. The zero-order valence-electron chi connectivity index (χ0n) is 17.6. The van der Waals surface area contributed by atoms with E-state index in [9.17, 15) is 19.5 Å². The van der Waals surface area contributed by atoms with Gasteiger partial charge in [0.1, 0.15) is 0 Å². The molecule has 12 heteroatoms. The van der Waals surface area contributed by atoms with Crippen LogP contribution in [0, 0.1) is 0 Å². The van der Waals surface area contributed by atoms with Crippen molar-refractivity contribution in [2.45, 2.75) is 19.4 Å². The van der Waals surface area contributed by atoms with Gasteiger partial charge in [-0.05, 0) is 36.8 Å². The number of hydrogen-bond donors (Lipinski definition) is 4. The third kappa shape index (κ3) is 5.76. The number of aliphatic carboxylic acids is 2. The number of anilines is 3. The number of carboxylic acid groups (broad SMARTS) is 2. The van der Waals surface area contributed by atoms with Crippen LogP contribution >= 0.6 is 0 Å². The number of aromatic nitrogens is 4. The van der Waals surface area contributed by atoms with Crippen LogP contribution in [0.2, 0.25) is 0 Å². The van der Waals surface area contributed by atoms with Crippen LogP contribution in [0.3, 0.4) is 0 Å². The fraction of sp³-hybridized carbons (Fsp3) is 0.190. The standard InChI is InChI=1S/C21H21N7O5/c1-28(10-13-9-24-19-17(25-13)18(22)26-21(23)27-19)14-5-2-11(3-6-14)15(29)8-12(20(32)33)4-7-16(30)31/h2-3,5-6,8-9H,4,7,10H2,1H3,(H,30,31)(H,32,33)(H4,22,23,24,26,27)/b12-8-. The topological polar surface area (TPSA) is 199 Å². The summed E-state index contributed by atoms with van der Waals surface area (Å²) in [7, 11) is 1.82. The number of nitrogen functional groups attached to an aromatic ring is 2. The van der Waals surface area contributed by atoms with Gasteiger partial charge in [-0.2, -0.15) is 9.97 Å². The summed E-state index contributed by atoms with van der Waals surface area (Å²) in [6.07, 6.45) is 1.88. The van der Waals surface area contributed by atoms with Crippen LogP contribution in [0.5, 0.6) is 0 Å². The lowest BCUT2D eigenvalue weighted by molar-refractivity contribution is -0.137. The maximum Gasteiger partial charge on any atom is 0.331 e. The van der Waals surface area contributed by atoms with E-state index in [-0.39, 0.29) is 35.7 Å². The van der Waals surface area contributed by atoms with Crippen molar-refractivity contribution in [3.05, 3.63) is 53.4 Å². The number of allylic oxidation sites excluding steroid dienone is 1. The van der Waals surface area contributed by atoms with E-state index >= 15 is 0 Å². The molecule has 0 saturated carbocycles. The van der Waals surface area contributed by atoms with Crippen molar-refractivity contribution in [2.24, 2.45) is 0 Å². The number of nitrogens with two attached hydrogens (primary N) is 2. The van der Waals surface area contributed by atoms with Crippen molar-refractivity contribution in [3.63, 3.8) is 0 Å². The van der Waals surface area contributed by atoms with E-state index in [2.05, 4.69) is 19.9 Å². The molecule has 3 aromatic rings. The van der Waals surface area contributed by atoms with Gasteiger partial charge in [-0.1, -0.05) is 0 Å². The molecule has 0 amide bonds. The molecule has 12 nitrogen and oxygen atoms in total. The van der Waals surface area contributed by atoms with Gasteiger partial charge < -0.3 is 26.6 Å². The minimum absolute atomic E-state index is 0.0148. The largest absolute Gasteiger partial charge is 0.481 e. The van der Waals surface area contributed by atoms with Crippen molar-refractivity contribution in [1.82, 2.24) is 19.9 Å². The van der Waals surface area contributed by atoms with E-state index in [1.165, 1.54) is 0 Å². The van der Waals surface area contributed by atoms with Gasteiger partial charge in [0.15, 0.2) is 22.8 Å². The Morgan fingerprint density at radius 1 is 1.03 bits per heavy atom. The molecule has 0 unspecified atom stereocenters. The van der Waals surface area contributed by atoms with Crippen LogP contribution in [0.15, 0.2) is 42.1 Å². The lowest BCUT2D eigenvalue weighted by atomic mass is 10.0. The number of carboxylic acids is 2. The summed E-state index contributed by atoms with van der Waals surface area (Å²) >= 11 is 0. The van der Waals surface area contributed by atoms with Gasteiger partial charge in [-0.25, -0.2) is 14.8 Å². The number of ketones is 1. The van der Waals surface area contributed by atoms with Gasteiger partial charge in [-0.3, -0.25) is 9.59 Å². The van der Waals surface area contributed by atoms with Crippen LogP contribution < -0.4 is 16.4 Å². The summed E-state index contributed by atoms with van der Waals surface area (Å²) < 4.78 is 0. The van der Waals surface area contributed by atoms with Crippen molar-refractivity contribution < 1.29 is 24.6 Å². The fourth-order valence-electron chi connectivity index (χ4n) is 3.00. The summed E-state index contributed by atoms with van der Waals surface area (Å²) in [5.41, 5.74) is 13.4. The summed E-state index contributed by atoms with van der Waals surface area (Å²) in [6.45, 7) is 0.373. The molecule has 0 atom stereocenters. The zero-order chi connectivity index (χ0) is 24.1. The molecule has 0 spiro atoms. The van der Waals surface area contributed by atoms with E-state index in [0.29, 0.717) is 23.4 Å². The van der Waals surface area contributed by atoms with Gasteiger partial charge in [0.2, 0.25) is 5.95 Å². The SMILES string of the molecule is CN(Cc1cnc2nc(N)nc(N)c2n1)c1ccc(C(=O)/C=C(/CCC(=O)O)C(=O)O)cc1. The van der Waals surface area contributed by atoms with Gasteiger partial charge in [-0.15, -0.1) is 0 Å². The molecule has 33 heavy (non-hydrogen) atoms. The number of carbonyl (C=O) groups excluding carboxylic acids is 1. The first-order valence-electron chi connectivity index (χ1n) is 9.70. The van der Waals surface area contributed by atoms with Gasteiger partial charge >= 0.3 is 11.9 Å². The normalized spacial score (nSPS) is 11.4. The Bertz CT molecular complexity index is 1260. The number of fused-ring (bicyclic) bond motifs is 1. The lowest BCUT2D eigenvalue weighted by Crippen LogP contribution is -2.18.